The molecule has 128 valence electrons. The zero-order chi connectivity index (χ0) is 17.5. The van der Waals surface area contributed by atoms with Gasteiger partial charge in [-0.25, -0.2) is 12.8 Å². The number of hydrogen-bond donors (Lipinski definition) is 2. The number of nitrogens with two attached hydrogens (primary N) is 2. The van der Waals surface area contributed by atoms with Crippen LogP contribution in [0.25, 0.3) is 0 Å². The fourth-order valence-electron chi connectivity index (χ4n) is 3.56. The third-order valence-electron chi connectivity index (χ3n) is 5.05. The molecule has 1 fully saturated rings. The zero-order valence-corrected chi connectivity index (χ0v) is 14.3. The Kier molecular flexibility index (Phi) is 4.23. The average Bonchev–Trinajstić information content (AvgIpc) is 3.26. The molecule has 0 saturated heterocycles. The highest BCUT2D eigenvalue weighted by molar-refractivity contribution is 7.92. The van der Waals surface area contributed by atoms with Crippen molar-refractivity contribution >= 4 is 9.84 Å². The van der Waals surface area contributed by atoms with Crippen LogP contribution in [0, 0.1) is 18.2 Å². The highest BCUT2D eigenvalue weighted by Gasteiger charge is 2.69. The average molecular weight is 348 g/mol. The minimum absolute atomic E-state index is 0.168. The van der Waals surface area contributed by atoms with E-state index in [9.17, 15) is 12.8 Å². The minimum Gasteiger partial charge on any atom is -0.330 e. The lowest BCUT2D eigenvalue weighted by Gasteiger charge is -2.13. The molecule has 0 aromatic heterocycles. The molecule has 2 aromatic carbocycles. The summed E-state index contributed by atoms with van der Waals surface area (Å²) < 4.78 is 39.4. The van der Waals surface area contributed by atoms with E-state index in [2.05, 4.69) is 0 Å². The van der Waals surface area contributed by atoms with Crippen LogP contribution >= 0.6 is 0 Å². The zero-order valence-electron chi connectivity index (χ0n) is 13.4. The van der Waals surface area contributed by atoms with Gasteiger partial charge in [0.25, 0.3) is 0 Å². The van der Waals surface area contributed by atoms with Gasteiger partial charge < -0.3 is 11.5 Å². The number of rotatable bonds is 5. The van der Waals surface area contributed by atoms with E-state index in [4.69, 9.17) is 11.5 Å². The number of benzene rings is 2. The van der Waals surface area contributed by atoms with Gasteiger partial charge in [-0.05, 0) is 36.8 Å². The van der Waals surface area contributed by atoms with Crippen LogP contribution in [-0.2, 0) is 9.84 Å². The predicted molar refractivity (Wildman–Crippen MR) is 91.8 cm³/mol. The lowest BCUT2D eigenvalue weighted by atomic mass is 9.99. The summed E-state index contributed by atoms with van der Waals surface area (Å²) >= 11 is 0. The first-order chi connectivity index (χ1) is 11.4. The number of halogens is 1. The van der Waals surface area contributed by atoms with Gasteiger partial charge in [0.05, 0.1) is 10.1 Å². The van der Waals surface area contributed by atoms with Crippen molar-refractivity contribution in [2.75, 3.05) is 13.1 Å². The van der Waals surface area contributed by atoms with Gasteiger partial charge in [0.2, 0.25) is 0 Å². The Labute approximate surface area is 141 Å². The van der Waals surface area contributed by atoms with E-state index in [1.54, 1.807) is 36.4 Å². The van der Waals surface area contributed by atoms with E-state index < -0.39 is 20.5 Å². The second-order valence-corrected chi connectivity index (χ2v) is 8.52. The fraction of sp³-hybridized carbons (Fsp3) is 0.333. The molecule has 6 heteroatoms. The topological polar surface area (TPSA) is 86.2 Å². The molecule has 1 aliphatic carbocycles. The fourth-order valence-corrected chi connectivity index (χ4v) is 6.04. The Balaban J connectivity index is 2.04. The highest BCUT2D eigenvalue weighted by Crippen LogP contribution is 2.62. The van der Waals surface area contributed by atoms with Gasteiger partial charge in [-0.15, -0.1) is 0 Å². The molecule has 2 aromatic rings. The molecule has 0 bridgehead atoms. The highest BCUT2D eigenvalue weighted by atomic mass is 32.2. The molecule has 0 aliphatic heterocycles. The molecular weight excluding hydrogens is 327 g/mol. The molecule has 4 N–H and O–H groups in total. The summed E-state index contributed by atoms with van der Waals surface area (Å²) in [5, 5.41) is -0.687. The SMILES string of the molecule is Cc1ccc(S(=O)(=O)[C@H]2[C@H](c3ccc(F)cc3)C2(CN)CN)cc1. The maximum Gasteiger partial charge on any atom is 0.182 e. The van der Waals surface area contributed by atoms with E-state index in [-0.39, 0.29) is 29.7 Å². The van der Waals surface area contributed by atoms with Crippen LogP contribution in [0.5, 0.6) is 0 Å². The maximum absolute atomic E-state index is 13.2. The second-order valence-electron chi connectivity index (χ2n) is 6.45. The lowest BCUT2D eigenvalue weighted by Crippen LogP contribution is -2.31. The molecule has 0 radical (unpaired) electrons. The van der Waals surface area contributed by atoms with E-state index in [0.29, 0.717) is 0 Å². The summed E-state index contributed by atoms with van der Waals surface area (Å²) in [6.07, 6.45) is 0. The van der Waals surface area contributed by atoms with Crippen molar-refractivity contribution in [3.05, 3.63) is 65.5 Å². The van der Waals surface area contributed by atoms with Crippen molar-refractivity contribution in [3.63, 3.8) is 0 Å². The van der Waals surface area contributed by atoms with Gasteiger partial charge in [-0.2, -0.15) is 0 Å². The Bertz CT molecular complexity index is 828. The van der Waals surface area contributed by atoms with Crippen LogP contribution in [-0.4, -0.2) is 26.8 Å². The van der Waals surface area contributed by atoms with Crippen molar-refractivity contribution in [2.24, 2.45) is 16.9 Å². The predicted octanol–water partition coefficient (Wildman–Crippen LogP) is 1.98. The summed E-state index contributed by atoms with van der Waals surface area (Å²) in [6.45, 7) is 2.24. The Morgan fingerprint density at radius 2 is 1.54 bits per heavy atom. The third kappa shape index (κ3) is 2.55. The van der Waals surface area contributed by atoms with Gasteiger partial charge in [-0.1, -0.05) is 29.8 Å². The van der Waals surface area contributed by atoms with Crippen LogP contribution in [0.4, 0.5) is 4.39 Å². The monoisotopic (exact) mass is 348 g/mol. The summed E-state index contributed by atoms with van der Waals surface area (Å²) in [5.74, 6) is -0.678. The normalized spacial score (nSPS) is 22.3. The van der Waals surface area contributed by atoms with E-state index in [1.807, 2.05) is 6.92 Å². The van der Waals surface area contributed by atoms with Crippen LogP contribution in [0.2, 0.25) is 0 Å². The Morgan fingerprint density at radius 3 is 2.04 bits per heavy atom. The standard InChI is InChI=1S/C18H21FN2O2S/c1-12-2-8-15(9-3-12)24(22,23)17-16(18(17,10-20)11-21)13-4-6-14(19)7-5-13/h2-9,16-17H,10-11,20-21H2,1H3/t16-,17-/m0/s1. The molecule has 0 unspecified atom stereocenters. The first-order valence-electron chi connectivity index (χ1n) is 7.83. The third-order valence-corrected chi connectivity index (χ3v) is 7.39. The maximum atomic E-state index is 13.2. The smallest absolute Gasteiger partial charge is 0.182 e. The second kappa shape index (κ2) is 5.95. The quantitative estimate of drug-likeness (QED) is 0.865. The molecule has 24 heavy (non-hydrogen) atoms. The number of sulfone groups is 1. The molecular formula is C18H21FN2O2S. The van der Waals surface area contributed by atoms with Gasteiger partial charge in [0.15, 0.2) is 9.84 Å². The molecule has 0 spiro atoms. The van der Waals surface area contributed by atoms with Crippen molar-refractivity contribution in [1.29, 1.82) is 0 Å². The van der Waals surface area contributed by atoms with Gasteiger partial charge in [0, 0.05) is 24.4 Å². The van der Waals surface area contributed by atoms with Crippen molar-refractivity contribution in [2.45, 2.75) is 23.0 Å². The summed E-state index contributed by atoms with van der Waals surface area (Å²) in [4.78, 5) is 0.272. The van der Waals surface area contributed by atoms with E-state index in [1.165, 1.54) is 12.1 Å². The summed E-state index contributed by atoms with van der Waals surface area (Å²) in [6, 6.07) is 12.7. The molecule has 1 aliphatic rings. The number of hydrogen-bond acceptors (Lipinski definition) is 4. The molecule has 0 amide bonds. The van der Waals surface area contributed by atoms with Crippen LogP contribution in [0.15, 0.2) is 53.4 Å². The van der Waals surface area contributed by atoms with Crippen LogP contribution in [0.1, 0.15) is 17.0 Å². The molecule has 1 saturated carbocycles. The van der Waals surface area contributed by atoms with E-state index in [0.717, 1.165) is 11.1 Å². The summed E-state index contributed by atoms with van der Waals surface area (Å²) in [7, 11) is -3.58. The number of aryl methyl sites for hydroxylation is 1. The van der Waals surface area contributed by atoms with Crippen molar-refractivity contribution in [3.8, 4) is 0 Å². The van der Waals surface area contributed by atoms with E-state index >= 15 is 0 Å². The molecule has 0 heterocycles. The first-order valence-corrected chi connectivity index (χ1v) is 9.37. The van der Waals surface area contributed by atoms with Crippen LogP contribution in [0.3, 0.4) is 0 Å². The largest absolute Gasteiger partial charge is 0.330 e. The van der Waals surface area contributed by atoms with Crippen LogP contribution < -0.4 is 11.5 Å². The van der Waals surface area contributed by atoms with Crippen molar-refractivity contribution in [1.82, 2.24) is 0 Å². The van der Waals surface area contributed by atoms with Gasteiger partial charge in [-0.3, -0.25) is 0 Å². The molecule has 3 rings (SSSR count). The molecule has 2 atom stereocenters. The molecule has 4 nitrogen and oxygen atoms in total. The summed E-state index contributed by atoms with van der Waals surface area (Å²) in [5.41, 5.74) is 12.9. The minimum atomic E-state index is -3.58. The Hall–Kier alpha value is -1.76. The van der Waals surface area contributed by atoms with Crippen molar-refractivity contribution < 1.29 is 12.8 Å². The van der Waals surface area contributed by atoms with Gasteiger partial charge in [0.1, 0.15) is 5.82 Å². The van der Waals surface area contributed by atoms with Gasteiger partial charge >= 0.3 is 0 Å². The Morgan fingerprint density at radius 1 is 1.00 bits per heavy atom. The lowest BCUT2D eigenvalue weighted by molar-refractivity contribution is 0.509. The first kappa shape index (κ1) is 17.1.